The molecule has 150 valence electrons. The highest BCUT2D eigenvalue weighted by Gasteiger charge is 2.17. The summed E-state index contributed by atoms with van der Waals surface area (Å²) in [5.74, 6) is 0.352. The van der Waals surface area contributed by atoms with Crippen molar-refractivity contribution in [2.75, 3.05) is 13.7 Å². The van der Waals surface area contributed by atoms with Gasteiger partial charge in [0.15, 0.2) is 0 Å². The number of amides is 1. The number of carbonyl (C=O) groups excluding carboxylic acids is 2. The number of rotatable bonds is 8. The van der Waals surface area contributed by atoms with Gasteiger partial charge in [0.05, 0.1) is 30.9 Å². The summed E-state index contributed by atoms with van der Waals surface area (Å²) in [4.78, 5) is 24.3. The van der Waals surface area contributed by atoms with Crippen LogP contribution >= 0.6 is 11.6 Å². The van der Waals surface area contributed by atoms with Crippen molar-refractivity contribution in [1.82, 2.24) is 5.32 Å². The van der Waals surface area contributed by atoms with Gasteiger partial charge in [-0.2, -0.15) is 0 Å². The minimum absolute atomic E-state index is 0.262. The van der Waals surface area contributed by atoms with Gasteiger partial charge in [0.2, 0.25) is 0 Å². The third kappa shape index (κ3) is 5.99. The van der Waals surface area contributed by atoms with E-state index >= 15 is 0 Å². The standard InChI is InChI=1S/C22H26ClNO4/c1-14(2)11-12-28-20-10-9-18(23)13-19(20)21(25)24-15(3)16-5-7-17(8-6-16)22(26)27-4/h5-10,13-15H,11-12H2,1-4H3,(H,24,25). The van der Waals surface area contributed by atoms with Crippen LogP contribution in [0.3, 0.4) is 0 Å². The fourth-order valence-electron chi connectivity index (χ4n) is 2.59. The molecule has 28 heavy (non-hydrogen) atoms. The van der Waals surface area contributed by atoms with Gasteiger partial charge in [-0.25, -0.2) is 4.79 Å². The Balaban J connectivity index is 2.10. The van der Waals surface area contributed by atoms with Crippen molar-refractivity contribution in [1.29, 1.82) is 0 Å². The summed E-state index contributed by atoms with van der Waals surface area (Å²) < 4.78 is 10.5. The first-order valence-electron chi connectivity index (χ1n) is 9.23. The zero-order valence-electron chi connectivity index (χ0n) is 16.6. The zero-order chi connectivity index (χ0) is 20.7. The zero-order valence-corrected chi connectivity index (χ0v) is 17.4. The molecule has 2 aromatic carbocycles. The van der Waals surface area contributed by atoms with Crippen molar-refractivity contribution in [3.8, 4) is 5.75 Å². The summed E-state index contributed by atoms with van der Waals surface area (Å²) in [6, 6.07) is 11.7. The second kappa shape index (κ2) is 10.1. The van der Waals surface area contributed by atoms with E-state index in [1.165, 1.54) is 7.11 Å². The molecule has 0 fully saturated rings. The van der Waals surface area contributed by atoms with Crippen molar-refractivity contribution in [2.24, 2.45) is 5.92 Å². The molecule has 0 bridgehead atoms. The van der Waals surface area contributed by atoms with Crippen LogP contribution in [0.4, 0.5) is 0 Å². The van der Waals surface area contributed by atoms with Crippen LogP contribution < -0.4 is 10.1 Å². The smallest absolute Gasteiger partial charge is 0.337 e. The molecule has 0 heterocycles. The molecule has 0 aromatic heterocycles. The summed E-state index contributed by atoms with van der Waals surface area (Å²) in [5.41, 5.74) is 1.72. The molecule has 0 spiro atoms. The van der Waals surface area contributed by atoms with E-state index in [0.29, 0.717) is 34.4 Å². The van der Waals surface area contributed by atoms with Crippen LogP contribution in [-0.4, -0.2) is 25.6 Å². The number of hydrogen-bond acceptors (Lipinski definition) is 4. The lowest BCUT2D eigenvalue weighted by Crippen LogP contribution is -2.27. The molecule has 2 aromatic rings. The molecule has 1 N–H and O–H groups in total. The Morgan fingerprint density at radius 2 is 1.75 bits per heavy atom. The van der Waals surface area contributed by atoms with Gasteiger partial charge in [-0.05, 0) is 55.2 Å². The van der Waals surface area contributed by atoms with E-state index in [-0.39, 0.29) is 11.9 Å². The maximum Gasteiger partial charge on any atom is 0.337 e. The lowest BCUT2D eigenvalue weighted by molar-refractivity contribution is 0.0600. The highest BCUT2D eigenvalue weighted by atomic mass is 35.5. The van der Waals surface area contributed by atoms with E-state index in [2.05, 4.69) is 19.2 Å². The molecule has 1 amide bonds. The van der Waals surface area contributed by atoms with E-state index in [4.69, 9.17) is 21.1 Å². The number of nitrogens with one attached hydrogen (secondary N) is 1. The Morgan fingerprint density at radius 3 is 2.36 bits per heavy atom. The first-order valence-corrected chi connectivity index (χ1v) is 9.61. The van der Waals surface area contributed by atoms with E-state index in [0.717, 1.165) is 12.0 Å². The van der Waals surface area contributed by atoms with Crippen molar-refractivity contribution < 1.29 is 19.1 Å². The number of esters is 1. The summed E-state index contributed by atoms with van der Waals surface area (Å²) in [5, 5.41) is 3.42. The van der Waals surface area contributed by atoms with Gasteiger partial charge in [0.25, 0.3) is 5.91 Å². The number of methoxy groups -OCH3 is 1. The molecule has 1 unspecified atom stereocenters. The monoisotopic (exact) mass is 403 g/mol. The molecule has 0 aliphatic heterocycles. The normalized spacial score (nSPS) is 11.8. The maximum atomic E-state index is 12.8. The molecule has 0 aliphatic rings. The molecule has 5 nitrogen and oxygen atoms in total. The topological polar surface area (TPSA) is 64.6 Å². The number of carbonyl (C=O) groups is 2. The fourth-order valence-corrected chi connectivity index (χ4v) is 2.77. The highest BCUT2D eigenvalue weighted by Crippen LogP contribution is 2.24. The molecule has 0 aliphatic carbocycles. The summed E-state index contributed by atoms with van der Waals surface area (Å²) in [6.45, 7) is 6.64. The number of benzene rings is 2. The van der Waals surface area contributed by atoms with E-state index in [1.807, 2.05) is 6.92 Å². The van der Waals surface area contributed by atoms with Crippen molar-refractivity contribution in [3.63, 3.8) is 0 Å². The van der Waals surface area contributed by atoms with Crippen LogP contribution in [0.2, 0.25) is 5.02 Å². The van der Waals surface area contributed by atoms with Crippen LogP contribution in [0.25, 0.3) is 0 Å². The Kier molecular flexibility index (Phi) is 7.88. The van der Waals surface area contributed by atoms with E-state index in [1.54, 1.807) is 42.5 Å². The molecular formula is C22H26ClNO4. The van der Waals surface area contributed by atoms with E-state index < -0.39 is 5.97 Å². The molecule has 6 heteroatoms. The average molecular weight is 404 g/mol. The van der Waals surface area contributed by atoms with Crippen molar-refractivity contribution in [3.05, 3.63) is 64.2 Å². The molecular weight excluding hydrogens is 378 g/mol. The third-order valence-corrected chi connectivity index (χ3v) is 4.55. The van der Waals surface area contributed by atoms with Crippen molar-refractivity contribution in [2.45, 2.75) is 33.2 Å². The van der Waals surface area contributed by atoms with Gasteiger partial charge in [-0.1, -0.05) is 37.6 Å². The summed E-state index contributed by atoms with van der Waals surface area (Å²) in [6.07, 6.45) is 0.895. The lowest BCUT2D eigenvalue weighted by atomic mass is 10.1. The van der Waals surface area contributed by atoms with Gasteiger partial charge in [-0.15, -0.1) is 0 Å². The predicted octanol–water partition coefficient (Wildman–Crippen LogP) is 5.04. The first-order chi connectivity index (χ1) is 13.3. The molecule has 0 saturated carbocycles. The minimum atomic E-state index is -0.398. The van der Waals surface area contributed by atoms with Crippen LogP contribution in [-0.2, 0) is 4.74 Å². The summed E-state index contributed by atoms with van der Waals surface area (Å²) >= 11 is 6.08. The number of hydrogen-bond donors (Lipinski definition) is 1. The van der Waals surface area contributed by atoms with Gasteiger partial charge < -0.3 is 14.8 Å². The number of ether oxygens (including phenoxy) is 2. The third-order valence-electron chi connectivity index (χ3n) is 4.32. The van der Waals surface area contributed by atoms with Crippen LogP contribution in [0.1, 0.15) is 59.5 Å². The van der Waals surface area contributed by atoms with Gasteiger partial charge in [0, 0.05) is 5.02 Å². The minimum Gasteiger partial charge on any atom is -0.493 e. The van der Waals surface area contributed by atoms with E-state index in [9.17, 15) is 9.59 Å². The summed E-state index contributed by atoms with van der Waals surface area (Å²) in [7, 11) is 1.34. The Labute approximate surface area is 171 Å². The quantitative estimate of drug-likeness (QED) is 0.627. The van der Waals surface area contributed by atoms with Crippen LogP contribution in [0, 0.1) is 5.92 Å². The predicted molar refractivity (Wildman–Crippen MR) is 110 cm³/mol. The largest absolute Gasteiger partial charge is 0.493 e. The molecule has 0 radical (unpaired) electrons. The van der Waals surface area contributed by atoms with Crippen LogP contribution in [0.5, 0.6) is 5.75 Å². The molecule has 0 saturated heterocycles. The molecule has 1 atom stereocenters. The van der Waals surface area contributed by atoms with Crippen molar-refractivity contribution >= 4 is 23.5 Å². The fraction of sp³-hybridized carbons (Fsp3) is 0.364. The van der Waals surface area contributed by atoms with Gasteiger partial charge >= 0.3 is 5.97 Å². The first kappa shape index (κ1) is 21.8. The highest BCUT2D eigenvalue weighted by molar-refractivity contribution is 6.31. The Hall–Kier alpha value is -2.53. The SMILES string of the molecule is COC(=O)c1ccc(C(C)NC(=O)c2cc(Cl)ccc2OCCC(C)C)cc1. The van der Waals surface area contributed by atoms with Gasteiger partial charge in [0.1, 0.15) is 5.75 Å². The number of halogens is 1. The molecule has 2 rings (SSSR count). The average Bonchev–Trinajstić information content (AvgIpc) is 2.68. The van der Waals surface area contributed by atoms with Gasteiger partial charge in [-0.3, -0.25) is 4.79 Å². The Bertz CT molecular complexity index is 818. The maximum absolute atomic E-state index is 12.8. The Morgan fingerprint density at radius 1 is 1.07 bits per heavy atom. The second-order valence-corrected chi connectivity index (χ2v) is 7.42. The lowest BCUT2D eigenvalue weighted by Gasteiger charge is -2.17. The van der Waals surface area contributed by atoms with Crippen LogP contribution in [0.15, 0.2) is 42.5 Å². The second-order valence-electron chi connectivity index (χ2n) is 6.98.